The molecule has 1 aromatic heterocycles. The van der Waals surface area contributed by atoms with Gasteiger partial charge in [-0.2, -0.15) is 0 Å². The molecule has 0 radical (unpaired) electrons. The first kappa shape index (κ1) is 28.6. The smallest absolute Gasteiger partial charge is 0.326 e. The van der Waals surface area contributed by atoms with Gasteiger partial charge in [-0.25, -0.2) is 9.78 Å². The number of hydrogen-bond donors (Lipinski definition) is 2. The summed E-state index contributed by atoms with van der Waals surface area (Å²) in [6, 6.07) is 14.8. The van der Waals surface area contributed by atoms with E-state index in [9.17, 15) is 14.7 Å². The fourth-order valence-electron chi connectivity index (χ4n) is 5.32. The number of nitrogens with zero attached hydrogens (tertiary/aromatic N) is 1. The van der Waals surface area contributed by atoms with Gasteiger partial charge in [0.25, 0.3) is 5.91 Å². The molecule has 2 aromatic carbocycles. The van der Waals surface area contributed by atoms with E-state index in [0.29, 0.717) is 18.1 Å². The van der Waals surface area contributed by atoms with E-state index in [0.717, 1.165) is 41.5 Å². The maximum atomic E-state index is 13.2. The summed E-state index contributed by atoms with van der Waals surface area (Å²) in [7, 11) is 0. The Morgan fingerprint density at radius 3 is 2.21 bits per heavy atom. The first-order valence-electron chi connectivity index (χ1n) is 14.0. The number of amides is 1. The van der Waals surface area contributed by atoms with Crippen LogP contribution in [0.25, 0.3) is 10.8 Å². The molecule has 1 amide bonds. The van der Waals surface area contributed by atoms with Gasteiger partial charge in [-0.05, 0) is 70.9 Å². The molecule has 39 heavy (non-hydrogen) atoms. The van der Waals surface area contributed by atoms with Crippen molar-refractivity contribution in [3.05, 3.63) is 65.5 Å². The molecule has 0 spiro atoms. The van der Waals surface area contributed by atoms with Gasteiger partial charge in [-0.1, -0.05) is 85.4 Å². The summed E-state index contributed by atoms with van der Waals surface area (Å²) in [6.45, 7) is 12.4. The van der Waals surface area contributed by atoms with Crippen LogP contribution in [0.3, 0.4) is 0 Å². The third-order valence-electron chi connectivity index (χ3n) is 7.45. The van der Waals surface area contributed by atoms with Crippen LogP contribution in [0.2, 0.25) is 0 Å². The highest BCUT2D eigenvalue weighted by Gasteiger charge is 2.27. The zero-order chi connectivity index (χ0) is 28.4. The second-order valence-corrected chi connectivity index (χ2v) is 13.2. The van der Waals surface area contributed by atoms with Crippen molar-refractivity contribution < 1.29 is 19.4 Å². The van der Waals surface area contributed by atoms with Crippen LogP contribution < -0.4 is 10.1 Å². The molecule has 1 fully saturated rings. The molecule has 3 aromatic rings. The summed E-state index contributed by atoms with van der Waals surface area (Å²) >= 11 is 0. The molecule has 1 saturated carbocycles. The monoisotopic (exact) mass is 530 g/mol. The molecule has 1 aliphatic carbocycles. The van der Waals surface area contributed by atoms with Gasteiger partial charge < -0.3 is 15.2 Å². The van der Waals surface area contributed by atoms with E-state index in [-0.39, 0.29) is 16.5 Å². The third kappa shape index (κ3) is 7.59. The Labute approximate surface area is 232 Å². The Morgan fingerprint density at radius 1 is 0.974 bits per heavy atom. The Morgan fingerprint density at radius 2 is 1.62 bits per heavy atom. The number of ether oxygens (including phenoxy) is 1. The summed E-state index contributed by atoms with van der Waals surface area (Å²) in [6.07, 6.45) is 5.86. The van der Waals surface area contributed by atoms with E-state index >= 15 is 0 Å². The first-order chi connectivity index (χ1) is 18.3. The number of carboxylic acid groups (broad SMARTS) is 1. The number of fused-ring (bicyclic) bond motifs is 1. The molecule has 6 nitrogen and oxygen atoms in total. The van der Waals surface area contributed by atoms with Crippen LogP contribution in [0.4, 0.5) is 0 Å². The van der Waals surface area contributed by atoms with Crippen LogP contribution >= 0.6 is 0 Å². The topological polar surface area (TPSA) is 88.5 Å². The van der Waals surface area contributed by atoms with E-state index in [1.807, 2.05) is 51.1 Å². The number of carboxylic acids is 1. The number of benzene rings is 2. The third-order valence-corrected chi connectivity index (χ3v) is 7.45. The summed E-state index contributed by atoms with van der Waals surface area (Å²) in [4.78, 5) is 29.9. The number of nitrogens with one attached hydrogen (secondary N) is 1. The summed E-state index contributed by atoms with van der Waals surface area (Å²) < 4.78 is 6.21. The minimum Gasteiger partial charge on any atom is -0.480 e. The second kappa shape index (κ2) is 11.4. The molecule has 1 atom stereocenters. The predicted octanol–water partition coefficient (Wildman–Crippen LogP) is 7.68. The highest BCUT2D eigenvalue weighted by atomic mass is 16.5. The molecule has 1 aliphatic rings. The average molecular weight is 531 g/mol. The summed E-state index contributed by atoms with van der Waals surface area (Å²) in [5.74, 6) is 0.514. The van der Waals surface area contributed by atoms with Crippen molar-refractivity contribution in [1.82, 2.24) is 10.3 Å². The maximum absolute atomic E-state index is 13.2. The van der Waals surface area contributed by atoms with E-state index < -0.39 is 17.9 Å². The van der Waals surface area contributed by atoms with Gasteiger partial charge in [0.15, 0.2) is 0 Å². The molecule has 0 saturated heterocycles. The molecule has 2 N–H and O–H groups in total. The van der Waals surface area contributed by atoms with Crippen molar-refractivity contribution >= 4 is 22.6 Å². The quantitative estimate of drug-likeness (QED) is 0.312. The van der Waals surface area contributed by atoms with Gasteiger partial charge in [0.2, 0.25) is 0 Å². The minimum absolute atomic E-state index is 0.0729. The largest absolute Gasteiger partial charge is 0.480 e. The molecule has 6 heteroatoms. The van der Waals surface area contributed by atoms with E-state index in [4.69, 9.17) is 9.72 Å². The lowest BCUT2D eigenvalue weighted by molar-refractivity contribution is -0.140. The lowest BCUT2D eigenvalue weighted by Crippen LogP contribution is -2.43. The average Bonchev–Trinajstić information content (AvgIpc) is 3.36. The standard InChI is InChI=1S/C33H42N2O4/c1-32(2,3)20-29(31(37)38)35-30(36)28-18-22-11-14-25(39-24-15-12-23(13-16-24)33(4,5)6)19-26(22)27(34-28)17-21-9-7-8-10-21/h11-16,18-19,21,29H,7-10,17,20H2,1-6H3,(H,35,36)(H,37,38)/t29-/m0/s1. The van der Waals surface area contributed by atoms with Gasteiger partial charge >= 0.3 is 5.97 Å². The lowest BCUT2D eigenvalue weighted by Gasteiger charge is -2.24. The minimum atomic E-state index is -1.04. The summed E-state index contributed by atoms with van der Waals surface area (Å²) in [5.41, 5.74) is 2.19. The highest BCUT2D eigenvalue weighted by Crippen LogP contribution is 2.33. The number of aliphatic carboxylic acids is 1. The molecule has 1 heterocycles. The Kier molecular flexibility index (Phi) is 8.34. The molecule has 4 rings (SSSR count). The van der Waals surface area contributed by atoms with Crippen LogP contribution in [0.5, 0.6) is 11.5 Å². The van der Waals surface area contributed by atoms with Crippen LogP contribution in [0.1, 0.15) is 95.4 Å². The Bertz CT molecular complexity index is 1330. The molecule has 0 aliphatic heterocycles. The van der Waals surface area contributed by atoms with Crippen LogP contribution in [0.15, 0.2) is 48.5 Å². The van der Waals surface area contributed by atoms with Gasteiger partial charge in [0.1, 0.15) is 23.2 Å². The molecule has 208 valence electrons. The fourth-order valence-corrected chi connectivity index (χ4v) is 5.32. The molecular formula is C33H42N2O4. The van der Waals surface area contributed by atoms with Crippen molar-refractivity contribution in [3.8, 4) is 11.5 Å². The van der Waals surface area contributed by atoms with Gasteiger partial charge in [-0.15, -0.1) is 0 Å². The highest BCUT2D eigenvalue weighted by molar-refractivity contribution is 5.99. The number of aromatic nitrogens is 1. The van der Waals surface area contributed by atoms with E-state index in [1.165, 1.54) is 18.4 Å². The number of pyridine rings is 1. The van der Waals surface area contributed by atoms with E-state index in [2.05, 4.69) is 38.2 Å². The first-order valence-corrected chi connectivity index (χ1v) is 14.0. The van der Waals surface area contributed by atoms with Gasteiger partial charge in [0, 0.05) is 11.1 Å². The Balaban J connectivity index is 1.64. The van der Waals surface area contributed by atoms with Crippen LogP contribution in [0, 0.1) is 11.3 Å². The number of carbonyl (C=O) groups is 2. The number of hydrogen-bond acceptors (Lipinski definition) is 4. The van der Waals surface area contributed by atoms with Crippen LogP contribution in [-0.2, 0) is 16.6 Å². The molecular weight excluding hydrogens is 488 g/mol. The fraction of sp³-hybridized carbons (Fsp3) is 0.485. The lowest BCUT2D eigenvalue weighted by atomic mass is 9.87. The number of rotatable bonds is 8. The van der Waals surface area contributed by atoms with Crippen molar-refractivity contribution in [1.29, 1.82) is 0 Å². The predicted molar refractivity (Wildman–Crippen MR) is 156 cm³/mol. The van der Waals surface area contributed by atoms with Gasteiger partial charge in [-0.3, -0.25) is 4.79 Å². The van der Waals surface area contributed by atoms with Crippen molar-refractivity contribution in [2.45, 2.75) is 91.5 Å². The second-order valence-electron chi connectivity index (χ2n) is 13.2. The number of carbonyl (C=O) groups excluding carboxylic acids is 1. The van der Waals surface area contributed by atoms with Crippen molar-refractivity contribution in [2.24, 2.45) is 11.3 Å². The van der Waals surface area contributed by atoms with Crippen molar-refractivity contribution in [2.75, 3.05) is 0 Å². The molecule has 0 bridgehead atoms. The molecule has 0 unspecified atom stereocenters. The van der Waals surface area contributed by atoms with Gasteiger partial charge in [0.05, 0.1) is 0 Å². The van der Waals surface area contributed by atoms with Crippen LogP contribution in [-0.4, -0.2) is 28.0 Å². The normalized spacial score (nSPS) is 15.3. The Hall–Kier alpha value is -3.41. The summed E-state index contributed by atoms with van der Waals surface area (Å²) in [5, 5.41) is 14.3. The zero-order valence-corrected chi connectivity index (χ0v) is 24.1. The zero-order valence-electron chi connectivity index (χ0n) is 24.1. The SMILES string of the molecule is CC(C)(C)C[C@H](NC(=O)c1cc2ccc(Oc3ccc(C(C)(C)C)cc3)cc2c(CC2CCCC2)n1)C(=O)O. The van der Waals surface area contributed by atoms with E-state index in [1.54, 1.807) is 6.07 Å². The van der Waals surface area contributed by atoms with Crippen molar-refractivity contribution in [3.63, 3.8) is 0 Å². The maximum Gasteiger partial charge on any atom is 0.326 e.